The lowest BCUT2D eigenvalue weighted by Gasteiger charge is -2.31. The number of anilines is 1. The number of para-hydroxylation sites is 2. The van der Waals surface area contributed by atoms with Gasteiger partial charge in [-0.3, -0.25) is 14.4 Å². The molecule has 2 aromatic carbocycles. The van der Waals surface area contributed by atoms with Crippen molar-refractivity contribution in [3.05, 3.63) is 59.7 Å². The first-order valence-electron chi connectivity index (χ1n) is 10.5. The van der Waals surface area contributed by atoms with E-state index in [0.717, 1.165) is 5.56 Å². The maximum absolute atomic E-state index is 12.6. The van der Waals surface area contributed by atoms with Crippen molar-refractivity contribution < 1.29 is 19.1 Å². The molecule has 164 valence electrons. The number of ether oxygens (including phenoxy) is 1. The van der Waals surface area contributed by atoms with E-state index >= 15 is 0 Å². The van der Waals surface area contributed by atoms with Gasteiger partial charge in [0.15, 0.2) is 0 Å². The van der Waals surface area contributed by atoms with E-state index in [4.69, 9.17) is 4.74 Å². The lowest BCUT2D eigenvalue weighted by molar-refractivity contribution is -0.134. The van der Waals surface area contributed by atoms with E-state index in [9.17, 15) is 14.4 Å². The molecule has 1 fully saturated rings. The highest BCUT2D eigenvalue weighted by molar-refractivity contribution is 5.96. The van der Waals surface area contributed by atoms with Crippen molar-refractivity contribution in [2.45, 2.75) is 26.2 Å². The van der Waals surface area contributed by atoms with Crippen molar-refractivity contribution in [2.24, 2.45) is 5.92 Å². The number of benzene rings is 2. The monoisotopic (exact) mass is 423 g/mol. The van der Waals surface area contributed by atoms with Crippen molar-refractivity contribution in [3.63, 3.8) is 0 Å². The summed E-state index contributed by atoms with van der Waals surface area (Å²) in [6.07, 6.45) is 1.47. The van der Waals surface area contributed by atoms with Crippen molar-refractivity contribution in [1.82, 2.24) is 10.2 Å². The molecule has 3 amide bonds. The lowest BCUT2D eigenvalue weighted by Crippen LogP contribution is -2.42. The topological polar surface area (TPSA) is 87.7 Å². The van der Waals surface area contributed by atoms with Crippen molar-refractivity contribution >= 4 is 23.4 Å². The molecule has 0 bridgehead atoms. The number of nitrogens with one attached hydrogen (secondary N) is 2. The van der Waals surface area contributed by atoms with Crippen molar-refractivity contribution in [3.8, 4) is 5.75 Å². The van der Waals surface area contributed by atoms with Crippen LogP contribution in [0.1, 0.15) is 35.2 Å². The van der Waals surface area contributed by atoms with Gasteiger partial charge in [-0.05, 0) is 43.5 Å². The Labute approximate surface area is 182 Å². The van der Waals surface area contributed by atoms with Gasteiger partial charge in [0.25, 0.3) is 5.91 Å². The summed E-state index contributed by atoms with van der Waals surface area (Å²) in [6, 6.07) is 14.7. The zero-order chi connectivity index (χ0) is 22.2. The second kappa shape index (κ2) is 10.6. The first-order valence-corrected chi connectivity index (χ1v) is 10.5. The molecule has 0 aromatic heterocycles. The number of carbonyl (C=O) groups is 3. The van der Waals surface area contributed by atoms with Crippen LogP contribution in [-0.2, 0) is 9.59 Å². The molecule has 0 atom stereocenters. The van der Waals surface area contributed by atoms with Crippen LogP contribution in [0.5, 0.6) is 5.75 Å². The van der Waals surface area contributed by atoms with Gasteiger partial charge in [-0.2, -0.15) is 0 Å². The Morgan fingerprint density at radius 3 is 2.42 bits per heavy atom. The van der Waals surface area contributed by atoms with E-state index in [-0.39, 0.29) is 30.1 Å². The number of piperidine rings is 1. The van der Waals surface area contributed by atoms with Crippen LogP contribution >= 0.6 is 0 Å². The van der Waals surface area contributed by atoms with Gasteiger partial charge >= 0.3 is 0 Å². The minimum atomic E-state index is -0.169. The highest BCUT2D eigenvalue weighted by Crippen LogP contribution is 2.26. The largest absolute Gasteiger partial charge is 0.495 e. The second-order valence-electron chi connectivity index (χ2n) is 7.67. The number of rotatable bonds is 7. The molecule has 1 aliphatic rings. The summed E-state index contributed by atoms with van der Waals surface area (Å²) in [5.41, 5.74) is 2.18. The summed E-state index contributed by atoms with van der Waals surface area (Å²) < 4.78 is 5.27. The first-order chi connectivity index (χ1) is 15.0. The molecule has 7 nitrogen and oxygen atoms in total. The summed E-state index contributed by atoms with van der Waals surface area (Å²) in [5.74, 6) is 0.249. The van der Waals surface area contributed by atoms with Gasteiger partial charge in [0.05, 0.1) is 12.8 Å². The van der Waals surface area contributed by atoms with Crippen LogP contribution in [0.15, 0.2) is 48.5 Å². The third-order valence-electron chi connectivity index (χ3n) is 5.60. The smallest absolute Gasteiger partial charge is 0.251 e. The Morgan fingerprint density at radius 1 is 1.03 bits per heavy atom. The first kappa shape index (κ1) is 22.3. The van der Waals surface area contributed by atoms with Crippen LogP contribution in [-0.4, -0.2) is 49.4 Å². The van der Waals surface area contributed by atoms with Gasteiger partial charge in [0.2, 0.25) is 11.8 Å². The zero-order valence-corrected chi connectivity index (χ0v) is 18.0. The highest BCUT2D eigenvalue weighted by Gasteiger charge is 2.27. The molecule has 1 heterocycles. The predicted octanol–water partition coefficient (Wildman–Crippen LogP) is 3.00. The van der Waals surface area contributed by atoms with Gasteiger partial charge in [-0.25, -0.2) is 0 Å². The molecule has 7 heteroatoms. The molecular weight excluding hydrogens is 394 g/mol. The number of amides is 3. The Hall–Kier alpha value is -3.35. The molecule has 0 radical (unpaired) electrons. The van der Waals surface area contributed by atoms with E-state index in [1.165, 1.54) is 0 Å². The number of methoxy groups -OCH3 is 1. The van der Waals surface area contributed by atoms with Crippen LogP contribution < -0.4 is 15.4 Å². The third kappa shape index (κ3) is 5.84. The lowest BCUT2D eigenvalue weighted by atomic mass is 9.95. The zero-order valence-electron chi connectivity index (χ0n) is 18.0. The number of aryl methyl sites for hydroxylation is 1. The maximum atomic E-state index is 12.6. The molecule has 0 unspecified atom stereocenters. The molecule has 1 saturated heterocycles. The fraction of sp³-hybridized carbons (Fsp3) is 0.375. The van der Waals surface area contributed by atoms with Crippen LogP contribution in [0.4, 0.5) is 5.69 Å². The van der Waals surface area contributed by atoms with Crippen LogP contribution in [0.25, 0.3) is 0 Å². The third-order valence-corrected chi connectivity index (χ3v) is 5.60. The molecule has 0 spiro atoms. The fourth-order valence-corrected chi connectivity index (χ4v) is 3.74. The average Bonchev–Trinajstić information content (AvgIpc) is 2.79. The minimum absolute atomic E-state index is 0.00586. The Balaban J connectivity index is 1.42. The molecule has 31 heavy (non-hydrogen) atoms. The normalized spacial score (nSPS) is 14.1. The van der Waals surface area contributed by atoms with E-state index in [1.807, 2.05) is 37.3 Å². The quantitative estimate of drug-likeness (QED) is 0.717. The number of likely N-dealkylation sites (tertiary alicyclic amines) is 1. The second-order valence-corrected chi connectivity index (χ2v) is 7.67. The predicted molar refractivity (Wildman–Crippen MR) is 119 cm³/mol. The minimum Gasteiger partial charge on any atom is -0.495 e. The Morgan fingerprint density at radius 2 is 1.71 bits per heavy atom. The van der Waals surface area contributed by atoms with Gasteiger partial charge in [-0.15, -0.1) is 0 Å². The Kier molecular flexibility index (Phi) is 7.65. The Bertz CT molecular complexity index is 936. The van der Waals surface area contributed by atoms with E-state index < -0.39 is 0 Å². The number of hydrogen-bond donors (Lipinski definition) is 2. The molecule has 3 rings (SSSR count). The summed E-state index contributed by atoms with van der Waals surface area (Å²) >= 11 is 0. The molecule has 2 N–H and O–H groups in total. The van der Waals surface area contributed by atoms with E-state index in [2.05, 4.69) is 10.6 Å². The van der Waals surface area contributed by atoms with E-state index in [0.29, 0.717) is 49.5 Å². The average molecular weight is 424 g/mol. The van der Waals surface area contributed by atoms with Crippen LogP contribution in [0, 0.1) is 12.8 Å². The van der Waals surface area contributed by atoms with Crippen molar-refractivity contribution in [2.75, 3.05) is 32.1 Å². The van der Waals surface area contributed by atoms with Crippen LogP contribution in [0.2, 0.25) is 0 Å². The van der Waals surface area contributed by atoms with Crippen molar-refractivity contribution in [1.29, 1.82) is 0 Å². The molecule has 0 saturated carbocycles. The summed E-state index contributed by atoms with van der Waals surface area (Å²) in [5, 5.41) is 5.74. The standard InChI is InChI=1S/C24H29N3O4/c1-17-7-3-4-8-19(17)24(30)25-14-11-22(28)27-15-12-18(13-16-27)23(29)26-20-9-5-6-10-21(20)31-2/h3-10,18H,11-16H2,1-2H3,(H,25,30)(H,26,29). The number of carbonyl (C=O) groups excluding carboxylic acids is 3. The van der Waals surface area contributed by atoms with Gasteiger partial charge < -0.3 is 20.3 Å². The fourth-order valence-electron chi connectivity index (χ4n) is 3.74. The molecule has 0 aliphatic carbocycles. The molecule has 2 aromatic rings. The summed E-state index contributed by atoms with van der Waals surface area (Å²) in [6.45, 7) is 3.25. The summed E-state index contributed by atoms with van der Waals surface area (Å²) in [4.78, 5) is 39.1. The number of hydrogen-bond acceptors (Lipinski definition) is 4. The molecule has 1 aliphatic heterocycles. The van der Waals surface area contributed by atoms with Gasteiger partial charge in [-0.1, -0.05) is 30.3 Å². The SMILES string of the molecule is COc1ccccc1NC(=O)C1CCN(C(=O)CCNC(=O)c2ccccc2C)CC1. The number of nitrogens with zero attached hydrogens (tertiary/aromatic N) is 1. The van der Waals surface area contributed by atoms with E-state index in [1.54, 1.807) is 30.2 Å². The highest BCUT2D eigenvalue weighted by atomic mass is 16.5. The van der Waals surface area contributed by atoms with Crippen LogP contribution in [0.3, 0.4) is 0 Å². The van der Waals surface area contributed by atoms with Gasteiger partial charge in [0.1, 0.15) is 5.75 Å². The summed E-state index contributed by atoms with van der Waals surface area (Å²) in [7, 11) is 1.57. The van der Waals surface area contributed by atoms with Gasteiger partial charge in [0, 0.05) is 37.5 Å². The molecular formula is C24H29N3O4. The maximum Gasteiger partial charge on any atom is 0.251 e.